The molecule has 0 spiro atoms. The maximum Gasteiger partial charge on any atom is 0.242 e. The predicted octanol–water partition coefficient (Wildman–Crippen LogP) is 2.71. The molecule has 6 nitrogen and oxygen atoms in total. The number of nitrogens with zero attached hydrogens (tertiary/aromatic N) is 1. The van der Waals surface area contributed by atoms with Gasteiger partial charge in [-0.25, -0.2) is 8.42 Å². The predicted molar refractivity (Wildman–Crippen MR) is 108 cm³/mol. The lowest BCUT2D eigenvalue weighted by Crippen LogP contribution is -2.37. The summed E-state index contributed by atoms with van der Waals surface area (Å²) in [7, 11) is -3.89. The van der Waals surface area contributed by atoms with E-state index in [0.717, 1.165) is 11.1 Å². The summed E-state index contributed by atoms with van der Waals surface area (Å²) in [5.41, 5.74) is 3.08. The van der Waals surface area contributed by atoms with Crippen LogP contribution < -0.4 is 10.2 Å². The molecule has 2 aromatic rings. The first-order valence-corrected chi connectivity index (χ1v) is 10.5. The van der Waals surface area contributed by atoms with Gasteiger partial charge in [0, 0.05) is 17.9 Å². The lowest BCUT2D eigenvalue weighted by Gasteiger charge is -2.21. The van der Waals surface area contributed by atoms with E-state index in [2.05, 4.69) is 5.32 Å². The standard InChI is InChI=1S/C20H24N2O4S/c1-4-22(18-10-6-8-16(3)12-18)20(24)14-27(25,26)13-19(23)21-17-9-5-7-15(2)11-17/h5-12H,4,13-14H2,1-3H3,(H,21,23). The van der Waals surface area contributed by atoms with Gasteiger partial charge in [-0.15, -0.1) is 0 Å². The fourth-order valence-electron chi connectivity index (χ4n) is 2.74. The number of carbonyl (C=O) groups is 2. The summed E-state index contributed by atoms with van der Waals surface area (Å²) in [6, 6.07) is 14.3. The Hall–Kier alpha value is -2.67. The minimum Gasteiger partial charge on any atom is -0.325 e. The normalized spacial score (nSPS) is 11.1. The molecule has 0 radical (unpaired) electrons. The molecule has 2 rings (SSSR count). The smallest absolute Gasteiger partial charge is 0.242 e. The van der Waals surface area contributed by atoms with Crippen LogP contribution in [-0.2, 0) is 19.4 Å². The van der Waals surface area contributed by atoms with E-state index in [0.29, 0.717) is 17.9 Å². The summed E-state index contributed by atoms with van der Waals surface area (Å²) < 4.78 is 24.6. The summed E-state index contributed by atoms with van der Waals surface area (Å²) >= 11 is 0. The van der Waals surface area contributed by atoms with Crippen LogP contribution in [0.25, 0.3) is 0 Å². The summed E-state index contributed by atoms with van der Waals surface area (Å²) in [6.45, 7) is 5.88. The Morgan fingerprint density at radius 1 is 0.963 bits per heavy atom. The number of anilines is 2. The van der Waals surface area contributed by atoms with E-state index in [9.17, 15) is 18.0 Å². The second-order valence-corrected chi connectivity index (χ2v) is 8.49. The molecule has 27 heavy (non-hydrogen) atoms. The molecule has 1 N–H and O–H groups in total. The van der Waals surface area contributed by atoms with E-state index >= 15 is 0 Å². The largest absolute Gasteiger partial charge is 0.325 e. The Balaban J connectivity index is 2.03. The number of hydrogen-bond donors (Lipinski definition) is 1. The number of aryl methyl sites for hydroxylation is 2. The SMILES string of the molecule is CCN(C(=O)CS(=O)(=O)CC(=O)Nc1cccc(C)c1)c1cccc(C)c1. The molecule has 0 heterocycles. The Labute approximate surface area is 160 Å². The first-order valence-electron chi connectivity index (χ1n) is 8.64. The highest BCUT2D eigenvalue weighted by molar-refractivity contribution is 7.92. The van der Waals surface area contributed by atoms with Crippen LogP contribution in [-0.4, -0.2) is 38.3 Å². The number of amides is 2. The zero-order valence-electron chi connectivity index (χ0n) is 15.7. The fourth-order valence-corrected chi connectivity index (χ4v) is 3.84. The second kappa shape index (κ2) is 8.81. The highest BCUT2D eigenvalue weighted by Gasteiger charge is 2.24. The molecule has 0 aliphatic heterocycles. The van der Waals surface area contributed by atoms with Gasteiger partial charge in [0.1, 0.15) is 11.5 Å². The van der Waals surface area contributed by atoms with E-state index < -0.39 is 33.2 Å². The minimum absolute atomic E-state index is 0.341. The van der Waals surface area contributed by atoms with Crippen LogP contribution in [0.15, 0.2) is 48.5 Å². The van der Waals surface area contributed by atoms with Crippen LogP contribution in [0.5, 0.6) is 0 Å². The van der Waals surface area contributed by atoms with Gasteiger partial charge in [-0.3, -0.25) is 9.59 Å². The van der Waals surface area contributed by atoms with Gasteiger partial charge in [0.2, 0.25) is 11.8 Å². The molecule has 0 saturated heterocycles. The molecule has 0 aromatic heterocycles. The van der Waals surface area contributed by atoms with Crippen LogP contribution in [0, 0.1) is 13.8 Å². The Bertz CT molecular complexity index is 939. The fraction of sp³-hybridized carbons (Fsp3) is 0.300. The molecule has 7 heteroatoms. The molecule has 2 amide bonds. The molecular formula is C20H24N2O4S. The zero-order chi connectivity index (χ0) is 20.0. The molecule has 144 valence electrons. The summed E-state index contributed by atoms with van der Waals surface area (Å²) in [4.78, 5) is 26.0. The van der Waals surface area contributed by atoms with Crippen molar-refractivity contribution in [3.63, 3.8) is 0 Å². The molecule has 0 unspecified atom stereocenters. The molecule has 0 bridgehead atoms. The number of sulfone groups is 1. The van der Waals surface area contributed by atoms with Gasteiger partial charge < -0.3 is 10.2 Å². The van der Waals surface area contributed by atoms with Crippen LogP contribution in [0.4, 0.5) is 11.4 Å². The van der Waals surface area contributed by atoms with Gasteiger partial charge >= 0.3 is 0 Å². The maximum atomic E-state index is 12.5. The van der Waals surface area contributed by atoms with Crippen molar-refractivity contribution in [3.05, 3.63) is 59.7 Å². The monoisotopic (exact) mass is 388 g/mol. The molecule has 0 fully saturated rings. The molecule has 0 atom stereocenters. The summed E-state index contributed by atoms with van der Waals surface area (Å²) in [6.07, 6.45) is 0. The first kappa shape index (κ1) is 20.6. The molecular weight excluding hydrogens is 364 g/mol. The van der Waals surface area contributed by atoms with E-state index in [1.165, 1.54) is 4.90 Å². The van der Waals surface area contributed by atoms with E-state index in [-0.39, 0.29) is 0 Å². The number of carbonyl (C=O) groups excluding carboxylic acids is 2. The molecule has 0 aliphatic rings. The van der Waals surface area contributed by atoms with Crippen molar-refractivity contribution < 1.29 is 18.0 Å². The quantitative estimate of drug-likeness (QED) is 0.790. The highest BCUT2D eigenvalue weighted by atomic mass is 32.2. The number of benzene rings is 2. The average molecular weight is 388 g/mol. The second-order valence-electron chi connectivity index (χ2n) is 6.43. The van der Waals surface area contributed by atoms with Crippen LogP contribution in [0.1, 0.15) is 18.1 Å². The van der Waals surface area contributed by atoms with Gasteiger partial charge in [0.15, 0.2) is 9.84 Å². The van der Waals surface area contributed by atoms with Crippen molar-refractivity contribution >= 4 is 33.0 Å². The number of hydrogen-bond acceptors (Lipinski definition) is 4. The topological polar surface area (TPSA) is 83.6 Å². The lowest BCUT2D eigenvalue weighted by atomic mass is 10.2. The van der Waals surface area contributed by atoms with Gasteiger partial charge in [-0.05, 0) is 56.2 Å². The third kappa shape index (κ3) is 6.21. The summed E-state index contributed by atoms with van der Waals surface area (Å²) in [5.74, 6) is -2.66. The Kier molecular flexibility index (Phi) is 6.74. The van der Waals surface area contributed by atoms with Crippen molar-refractivity contribution in [1.82, 2.24) is 0 Å². The highest BCUT2D eigenvalue weighted by Crippen LogP contribution is 2.16. The van der Waals surface area contributed by atoms with Gasteiger partial charge in [0.05, 0.1) is 0 Å². The van der Waals surface area contributed by atoms with Crippen LogP contribution >= 0.6 is 0 Å². The number of rotatable bonds is 7. The molecule has 0 aliphatic carbocycles. The van der Waals surface area contributed by atoms with Crippen LogP contribution in [0.3, 0.4) is 0 Å². The van der Waals surface area contributed by atoms with Gasteiger partial charge in [0.25, 0.3) is 0 Å². The van der Waals surface area contributed by atoms with Crippen molar-refractivity contribution in [2.45, 2.75) is 20.8 Å². The summed E-state index contributed by atoms with van der Waals surface area (Å²) in [5, 5.41) is 2.55. The van der Waals surface area contributed by atoms with Crippen molar-refractivity contribution in [1.29, 1.82) is 0 Å². The van der Waals surface area contributed by atoms with Crippen molar-refractivity contribution in [3.8, 4) is 0 Å². The van der Waals surface area contributed by atoms with Crippen molar-refractivity contribution in [2.75, 3.05) is 28.3 Å². The molecule has 0 saturated carbocycles. The van der Waals surface area contributed by atoms with Gasteiger partial charge in [-0.2, -0.15) is 0 Å². The third-order valence-corrected chi connectivity index (χ3v) is 5.32. The van der Waals surface area contributed by atoms with E-state index in [1.807, 2.05) is 38.1 Å². The Morgan fingerprint density at radius 2 is 1.59 bits per heavy atom. The zero-order valence-corrected chi connectivity index (χ0v) is 16.5. The van der Waals surface area contributed by atoms with Crippen molar-refractivity contribution in [2.24, 2.45) is 0 Å². The van der Waals surface area contributed by atoms with Gasteiger partial charge in [-0.1, -0.05) is 24.3 Å². The van der Waals surface area contributed by atoms with E-state index in [4.69, 9.17) is 0 Å². The minimum atomic E-state index is -3.89. The maximum absolute atomic E-state index is 12.5. The lowest BCUT2D eigenvalue weighted by molar-refractivity contribution is -0.116. The Morgan fingerprint density at radius 3 is 2.19 bits per heavy atom. The number of nitrogens with one attached hydrogen (secondary N) is 1. The molecule has 2 aromatic carbocycles. The first-order chi connectivity index (χ1) is 12.7. The van der Waals surface area contributed by atoms with Crippen LogP contribution in [0.2, 0.25) is 0 Å². The third-order valence-electron chi connectivity index (χ3n) is 3.93. The van der Waals surface area contributed by atoms with E-state index in [1.54, 1.807) is 31.2 Å². The average Bonchev–Trinajstić information content (AvgIpc) is 2.54.